The van der Waals surface area contributed by atoms with E-state index >= 15 is 0 Å². The largest absolute Gasteiger partial charge is 0.370 e. The molecule has 134 valence electrons. The maximum Gasteiger partial charge on any atom is 0.153 e. The molecule has 1 saturated carbocycles. The van der Waals surface area contributed by atoms with Crippen LogP contribution in [0.5, 0.6) is 0 Å². The Bertz CT molecular complexity index is 868. The Morgan fingerprint density at radius 2 is 2.12 bits per heavy atom. The van der Waals surface area contributed by atoms with E-state index in [2.05, 4.69) is 46.9 Å². The van der Waals surface area contributed by atoms with Crippen molar-refractivity contribution in [1.29, 1.82) is 0 Å². The molecule has 5 nitrogen and oxygen atoms in total. The van der Waals surface area contributed by atoms with Crippen LogP contribution in [0, 0.1) is 0 Å². The van der Waals surface area contributed by atoms with Gasteiger partial charge >= 0.3 is 0 Å². The molecule has 25 heavy (non-hydrogen) atoms. The monoisotopic (exact) mass is 359 g/mol. The number of fused-ring (bicyclic) bond motifs is 1. The van der Waals surface area contributed by atoms with E-state index in [1.807, 2.05) is 6.20 Å². The van der Waals surface area contributed by atoms with Crippen LogP contribution in [0.25, 0.3) is 11.3 Å². The molecule has 0 spiro atoms. The lowest BCUT2D eigenvalue weighted by Crippen LogP contribution is -2.30. The third-order valence-corrected chi connectivity index (χ3v) is 7.68. The standard InChI is InChI=1S/C19H25N3O2S/c1-19(2)12-22(8-3-9-25(23,24)15-5-6-15)18-10-14(4-7-16(18)19)17-11-20-13-21-17/h4,7,10-11,13,15H,3,5-6,8-9,12H2,1-2H3,(H,20,21). The minimum atomic E-state index is -2.87. The summed E-state index contributed by atoms with van der Waals surface area (Å²) < 4.78 is 24.2. The van der Waals surface area contributed by atoms with Crippen molar-refractivity contribution in [2.24, 2.45) is 0 Å². The van der Waals surface area contributed by atoms with Crippen molar-refractivity contribution < 1.29 is 8.42 Å². The molecule has 1 N–H and O–H groups in total. The summed E-state index contributed by atoms with van der Waals surface area (Å²) in [6.07, 6.45) is 5.99. The number of anilines is 1. The van der Waals surface area contributed by atoms with E-state index in [9.17, 15) is 8.42 Å². The lowest BCUT2D eigenvalue weighted by Gasteiger charge is -2.22. The number of aromatic nitrogens is 2. The van der Waals surface area contributed by atoms with E-state index in [-0.39, 0.29) is 10.7 Å². The van der Waals surface area contributed by atoms with Gasteiger partial charge in [0.25, 0.3) is 0 Å². The van der Waals surface area contributed by atoms with Gasteiger partial charge in [-0.3, -0.25) is 0 Å². The predicted molar refractivity (Wildman–Crippen MR) is 101 cm³/mol. The summed E-state index contributed by atoms with van der Waals surface area (Å²) in [5.41, 5.74) is 4.65. The molecule has 1 aromatic heterocycles. The van der Waals surface area contributed by atoms with Crippen LogP contribution in [-0.4, -0.2) is 42.5 Å². The Hall–Kier alpha value is -1.82. The number of hydrogen-bond donors (Lipinski definition) is 1. The lowest BCUT2D eigenvalue weighted by atomic mass is 9.86. The summed E-state index contributed by atoms with van der Waals surface area (Å²) in [5.74, 6) is 0.309. The quantitative estimate of drug-likeness (QED) is 0.860. The first-order valence-corrected chi connectivity index (χ1v) is 10.7. The second-order valence-corrected chi connectivity index (χ2v) is 10.3. The van der Waals surface area contributed by atoms with Crippen LogP contribution < -0.4 is 4.90 Å². The summed E-state index contributed by atoms with van der Waals surface area (Å²) in [5, 5.41) is -0.0546. The third-order valence-electron chi connectivity index (χ3n) is 5.34. The van der Waals surface area contributed by atoms with E-state index in [0.29, 0.717) is 12.2 Å². The van der Waals surface area contributed by atoms with Gasteiger partial charge in [-0.1, -0.05) is 26.0 Å². The zero-order valence-corrected chi connectivity index (χ0v) is 15.6. The van der Waals surface area contributed by atoms with Gasteiger partial charge in [-0.2, -0.15) is 0 Å². The fourth-order valence-electron chi connectivity index (χ4n) is 3.84. The Morgan fingerprint density at radius 3 is 2.80 bits per heavy atom. The van der Waals surface area contributed by atoms with Crippen LogP contribution in [0.3, 0.4) is 0 Å². The van der Waals surface area contributed by atoms with Crippen molar-refractivity contribution in [1.82, 2.24) is 9.97 Å². The molecule has 0 atom stereocenters. The highest BCUT2D eigenvalue weighted by Crippen LogP contribution is 2.42. The van der Waals surface area contributed by atoms with Crippen molar-refractivity contribution in [3.8, 4) is 11.3 Å². The molecule has 0 radical (unpaired) electrons. The normalized spacial score (nSPS) is 19.2. The highest BCUT2D eigenvalue weighted by atomic mass is 32.2. The fourth-order valence-corrected chi connectivity index (χ4v) is 5.56. The number of aromatic amines is 1. The summed E-state index contributed by atoms with van der Waals surface area (Å²) in [7, 11) is -2.87. The molecule has 1 aromatic carbocycles. The topological polar surface area (TPSA) is 66.1 Å². The van der Waals surface area contributed by atoms with Gasteiger partial charge in [0.1, 0.15) is 0 Å². The number of hydrogen-bond acceptors (Lipinski definition) is 4. The average Bonchev–Trinajstić information content (AvgIpc) is 3.23. The van der Waals surface area contributed by atoms with Crippen LogP contribution in [0.4, 0.5) is 5.69 Å². The molecule has 1 aliphatic heterocycles. The van der Waals surface area contributed by atoms with Crippen molar-refractivity contribution in [3.05, 3.63) is 36.3 Å². The van der Waals surface area contributed by atoms with Gasteiger partial charge < -0.3 is 9.88 Å². The van der Waals surface area contributed by atoms with Crippen molar-refractivity contribution in [2.45, 2.75) is 43.8 Å². The Morgan fingerprint density at radius 1 is 1.32 bits per heavy atom. The number of rotatable bonds is 6. The average molecular weight is 359 g/mol. The number of imidazole rings is 1. The molecule has 6 heteroatoms. The number of benzene rings is 1. The van der Waals surface area contributed by atoms with E-state index < -0.39 is 9.84 Å². The van der Waals surface area contributed by atoms with E-state index in [1.165, 1.54) is 11.3 Å². The van der Waals surface area contributed by atoms with Gasteiger partial charge in [0.15, 0.2) is 9.84 Å². The zero-order chi connectivity index (χ0) is 17.7. The van der Waals surface area contributed by atoms with Gasteiger partial charge in [-0.25, -0.2) is 13.4 Å². The van der Waals surface area contributed by atoms with Gasteiger partial charge in [0.05, 0.1) is 23.0 Å². The highest BCUT2D eigenvalue weighted by molar-refractivity contribution is 7.92. The van der Waals surface area contributed by atoms with E-state index in [1.54, 1.807) is 6.33 Å². The van der Waals surface area contributed by atoms with Crippen LogP contribution in [-0.2, 0) is 15.3 Å². The van der Waals surface area contributed by atoms with E-state index in [4.69, 9.17) is 0 Å². The molecule has 2 aromatic rings. The number of sulfone groups is 1. The van der Waals surface area contributed by atoms with Crippen molar-refractivity contribution >= 4 is 15.5 Å². The minimum Gasteiger partial charge on any atom is -0.370 e. The maximum absolute atomic E-state index is 12.1. The Balaban J connectivity index is 1.54. The molecular formula is C19H25N3O2S. The smallest absolute Gasteiger partial charge is 0.153 e. The van der Waals surface area contributed by atoms with Crippen LogP contribution in [0.15, 0.2) is 30.7 Å². The SMILES string of the molecule is CC1(C)CN(CCCS(=O)(=O)C2CC2)c2cc(-c3c[nH]cn3)ccc21. The Labute approximate surface area is 149 Å². The van der Waals surface area contributed by atoms with Gasteiger partial charge in [-0.05, 0) is 30.9 Å². The predicted octanol–water partition coefficient (Wildman–Crippen LogP) is 3.14. The number of nitrogens with one attached hydrogen (secondary N) is 1. The summed E-state index contributed by atoms with van der Waals surface area (Å²) >= 11 is 0. The molecule has 0 unspecified atom stereocenters. The second kappa shape index (κ2) is 5.87. The highest BCUT2D eigenvalue weighted by Gasteiger charge is 2.37. The van der Waals surface area contributed by atoms with Gasteiger partial charge in [0, 0.05) is 36.0 Å². The van der Waals surface area contributed by atoms with Crippen molar-refractivity contribution in [3.63, 3.8) is 0 Å². The lowest BCUT2D eigenvalue weighted by molar-refractivity contribution is 0.548. The second-order valence-electron chi connectivity index (χ2n) is 7.91. The molecule has 0 bridgehead atoms. The first-order chi connectivity index (χ1) is 11.9. The summed E-state index contributed by atoms with van der Waals surface area (Å²) in [4.78, 5) is 9.68. The molecule has 2 aliphatic rings. The van der Waals surface area contributed by atoms with Crippen LogP contribution in [0.2, 0.25) is 0 Å². The molecule has 1 aliphatic carbocycles. The summed E-state index contributed by atoms with van der Waals surface area (Å²) in [6, 6.07) is 6.51. The van der Waals surface area contributed by atoms with Crippen molar-refractivity contribution in [2.75, 3.05) is 23.7 Å². The Kier molecular flexibility index (Phi) is 3.90. The van der Waals surface area contributed by atoms with Crippen LogP contribution in [0.1, 0.15) is 38.7 Å². The zero-order valence-electron chi connectivity index (χ0n) is 14.8. The maximum atomic E-state index is 12.1. The molecule has 4 rings (SSSR count). The molecule has 2 heterocycles. The fraction of sp³-hybridized carbons (Fsp3) is 0.526. The molecular weight excluding hydrogens is 334 g/mol. The molecule has 0 saturated heterocycles. The molecule has 1 fully saturated rings. The minimum absolute atomic E-state index is 0.0546. The summed E-state index contributed by atoms with van der Waals surface area (Å²) in [6.45, 7) is 6.21. The van der Waals surface area contributed by atoms with Gasteiger partial charge in [0.2, 0.25) is 0 Å². The first-order valence-electron chi connectivity index (χ1n) is 8.97. The molecule has 0 amide bonds. The number of nitrogens with zero attached hydrogens (tertiary/aromatic N) is 2. The third kappa shape index (κ3) is 3.19. The van der Waals surface area contributed by atoms with Crippen LogP contribution >= 0.6 is 0 Å². The number of H-pyrrole nitrogens is 1. The first kappa shape index (κ1) is 16.6. The van der Waals surface area contributed by atoms with E-state index in [0.717, 1.165) is 37.2 Å². The van der Waals surface area contributed by atoms with Gasteiger partial charge in [-0.15, -0.1) is 0 Å².